The number of nitrogens with zero attached hydrogens (tertiary/aromatic N) is 1. The minimum atomic E-state index is 0.109. The number of benzene rings is 2. The van der Waals surface area contributed by atoms with Gasteiger partial charge in [-0.2, -0.15) is 0 Å². The van der Waals surface area contributed by atoms with Crippen LogP contribution in [-0.4, -0.2) is 28.9 Å². The van der Waals surface area contributed by atoms with E-state index >= 15 is 0 Å². The second-order valence-corrected chi connectivity index (χ2v) is 8.60. The molecule has 0 aliphatic heterocycles. The number of para-hydroxylation sites is 1. The number of rotatable bonds is 8. The Morgan fingerprint density at radius 3 is 2.62 bits per heavy atom. The molecule has 24 heavy (non-hydrogen) atoms. The second kappa shape index (κ2) is 9.11. The van der Waals surface area contributed by atoms with Crippen LogP contribution >= 0.6 is 34.9 Å². The number of hydrogen-bond acceptors (Lipinski definition) is 5. The molecule has 0 saturated carbocycles. The predicted molar refractivity (Wildman–Crippen MR) is 105 cm³/mol. The second-order valence-electron chi connectivity index (χ2n) is 5.06. The first-order chi connectivity index (χ1) is 11.8. The Morgan fingerprint density at radius 1 is 1.00 bits per heavy atom. The molecule has 0 bridgehead atoms. The van der Waals surface area contributed by atoms with Crippen LogP contribution in [0.3, 0.4) is 0 Å². The Balaban J connectivity index is 1.32. The summed E-state index contributed by atoms with van der Waals surface area (Å²) < 4.78 is 2.23. The molecule has 0 fully saturated rings. The van der Waals surface area contributed by atoms with Gasteiger partial charge >= 0.3 is 0 Å². The molecule has 0 radical (unpaired) electrons. The summed E-state index contributed by atoms with van der Waals surface area (Å²) >= 11 is 5.09. The van der Waals surface area contributed by atoms with E-state index in [1.54, 1.807) is 34.9 Å². The molecular formula is C18H18N2OS3. The fourth-order valence-corrected chi connectivity index (χ4v) is 4.97. The smallest absolute Gasteiger partial charge is 0.220 e. The van der Waals surface area contributed by atoms with Crippen LogP contribution in [0.25, 0.3) is 10.2 Å². The van der Waals surface area contributed by atoms with Crippen molar-refractivity contribution < 1.29 is 4.79 Å². The van der Waals surface area contributed by atoms with E-state index < -0.39 is 0 Å². The third-order valence-electron chi connectivity index (χ3n) is 3.27. The first-order valence-corrected chi connectivity index (χ1v) is 10.5. The summed E-state index contributed by atoms with van der Waals surface area (Å²) in [6.07, 6.45) is 0.524. The van der Waals surface area contributed by atoms with Crippen LogP contribution in [0.15, 0.2) is 63.8 Å². The molecule has 0 atom stereocenters. The summed E-state index contributed by atoms with van der Waals surface area (Å²) in [6.45, 7) is 0.699. The van der Waals surface area contributed by atoms with E-state index in [1.165, 1.54) is 9.60 Å². The molecule has 1 aromatic heterocycles. The number of carbonyl (C=O) groups is 1. The molecule has 6 heteroatoms. The molecule has 0 aliphatic carbocycles. The molecule has 2 aromatic carbocycles. The molecule has 3 aromatic rings. The van der Waals surface area contributed by atoms with E-state index in [0.29, 0.717) is 13.0 Å². The fraction of sp³-hybridized carbons (Fsp3) is 0.222. The minimum Gasteiger partial charge on any atom is -0.355 e. The lowest BCUT2D eigenvalue weighted by molar-refractivity contribution is -0.120. The van der Waals surface area contributed by atoms with Gasteiger partial charge in [-0.3, -0.25) is 4.79 Å². The Bertz CT molecular complexity index is 756. The largest absolute Gasteiger partial charge is 0.355 e. The number of aromatic nitrogens is 1. The summed E-state index contributed by atoms with van der Waals surface area (Å²) in [6, 6.07) is 18.4. The zero-order chi connectivity index (χ0) is 16.6. The molecule has 1 N–H and O–H groups in total. The number of amides is 1. The summed E-state index contributed by atoms with van der Waals surface area (Å²) in [4.78, 5) is 17.7. The van der Waals surface area contributed by atoms with E-state index in [4.69, 9.17) is 0 Å². The van der Waals surface area contributed by atoms with Gasteiger partial charge < -0.3 is 5.32 Å². The highest BCUT2D eigenvalue weighted by Gasteiger charge is 2.06. The van der Waals surface area contributed by atoms with Gasteiger partial charge in [0.2, 0.25) is 5.91 Å². The van der Waals surface area contributed by atoms with Crippen LogP contribution in [0.2, 0.25) is 0 Å². The average Bonchev–Trinajstić information content (AvgIpc) is 3.02. The number of carbonyl (C=O) groups excluding carboxylic acids is 1. The van der Waals surface area contributed by atoms with Crippen molar-refractivity contribution in [1.82, 2.24) is 10.3 Å². The monoisotopic (exact) mass is 374 g/mol. The molecule has 0 unspecified atom stereocenters. The Morgan fingerprint density at radius 2 is 1.79 bits per heavy atom. The maximum atomic E-state index is 11.9. The van der Waals surface area contributed by atoms with Gasteiger partial charge in [-0.25, -0.2) is 4.98 Å². The topological polar surface area (TPSA) is 42.0 Å². The molecule has 3 nitrogen and oxygen atoms in total. The van der Waals surface area contributed by atoms with Crippen molar-refractivity contribution in [2.75, 3.05) is 18.1 Å². The average molecular weight is 375 g/mol. The molecule has 124 valence electrons. The number of thioether (sulfide) groups is 2. The maximum absolute atomic E-state index is 11.9. The SMILES string of the molecule is O=C(CCSc1nc2ccccc2s1)NCCSc1ccccc1. The van der Waals surface area contributed by atoms with Gasteiger partial charge in [0.15, 0.2) is 4.34 Å². The highest BCUT2D eigenvalue weighted by Crippen LogP contribution is 2.29. The number of fused-ring (bicyclic) bond motifs is 1. The first-order valence-electron chi connectivity index (χ1n) is 7.74. The van der Waals surface area contributed by atoms with Gasteiger partial charge in [0.05, 0.1) is 10.2 Å². The van der Waals surface area contributed by atoms with E-state index in [1.807, 2.05) is 36.4 Å². The van der Waals surface area contributed by atoms with Crippen molar-refractivity contribution in [3.63, 3.8) is 0 Å². The number of nitrogens with one attached hydrogen (secondary N) is 1. The van der Waals surface area contributed by atoms with Crippen LogP contribution in [0.4, 0.5) is 0 Å². The van der Waals surface area contributed by atoms with Crippen LogP contribution in [0, 0.1) is 0 Å². The Kier molecular flexibility index (Phi) is 6.57. The van der Waals surface area contributed by atoms with E-state index in [9.17, 15) is 4.79 Å². The fourth-order valence-electron chi connectivity index (χ4n) is 2.11. The van der Waals surface area contributed by atoms with Gasteiger partial charge in [0.1, 0.15) is 0 Å². The maximum Gasteiger partial charge on any atom is 0.220 e. The summed E-state index contributed by atoms with van der Waals surface area (Å²) in [5, 5.41) is 2.98. The van der Waals surface area contributed by atoms with Crippen LogP contribution in [0.5, 0.6) is 0 Å². The Hall–Kier alpha value is -1.50. The van der Waals surface area contributed by atoms with Crippen LogP contribution < -0.4 is 5.32 Å². The van der Waals surface area contributed by atoms with Gasteiger partial charge in [-0.05, 0) is 24.3 Å². The van der Waals surface area contributed by atoms with Crippen LogP contribution in [0.1, 0.15) is 6.42 Å². The van der Waals surface area contributed by atoms with E-state index in [2.05, 4.69) is 28.5 Å². The van der Waals surface area contributed by atoms with Gasteiger partial charge in [0, 0.05) is 29.4 Å². The predicted octanol–water partition coefficient (Wildman–Crippen LogP) is 4.69. The summed E-state index contributed by atoms with van der Waals surface area (Å²) in [7, 11) is 0. The quantitative estimate of drug-likeness (QED) is 0.459. The van der Waals surface area contributed by atoms with E-state index in [0.717, 1.165) is 21.4 Å². The van der Waals surface area contributed by atoms with Gasteiger partial charge in [-0.15, -0.1) is 23.1 Å². The standard InChI is InChI=1S/C18H18N2OS3/c21-17(19-11-13-22-14-6-2-1-3-7-14)10-12-23-18-20-15-8-4-5-9-16(15)24-18/h1-9H,10-13H2,(H,19,21). The van der Waals surface area contributed by atoms with Crippen molar-refractivity contribution in [2.24, 2.45) is 0 Å². The zero-order valence-corrected chi connectivity index (χ0v) is 15.6. The molecule has 0 spiro atoms. The highest BCUT2D eigenvalue weighted by molar-refractivity contribution is 8.01. The van der Waals surface area contributed by atoms with E-state index in [-0.39, 0.29) is 5.91 Å². The number of thiazole rings is 1. The molecular weight excluding hydrogens is 356 g/mol. The summed E-state index contributed by atoms with van der Waals surface area (Å²) in [5.41, 5.74) is 1.03. The van der Waals surface area contributed by atoms with Gasteiger partial charge in [-0.1, -0.05) is 42.1 Å². The van der Waals surface area contributed by atoms with Crippen molar-refractivity contribution in [1.29, 1.82) is 0 Å². The van der Waals surface area contributed by atoms with Crippen molar-refractivity contribution in [3.05, 3.63) is 54.6 Å². The van der Waals surface area contributed by atoms with Crippen LogP contribution in [-0.2, 0) is 4.79 Å². The zero-order valence-electron chi connectivity index (χ0n) is 13.1. The molecule has 3 rings (SSSR count). The molecule has 0 saturated heterocycles. The van der Waals surface area contributed by atoms with Crippen molar-refractivity contribution >= 4 is 51.0 Å². The third kappa shape index (κ3) is 5.26. The highest BCUT2D eigenvalue weighted by atomic mass is 32.2. The Labute approximate surface area is 154 Å². The third-order valence-corrected chi connectivity index (χ3v) is 6.46. The van der Waals surface area contributed by atoms with Crippen molar-refractivity contribution in [2.45, 2.75) is 15.7 Å². The summed E-state index contributed by atoms with van der Waals surface area (Å²) in [5.74, 6) is 1.76. The normalized spacial score (nSPS) is 10.8. The lowest BCUT2D eigenvalue weighted by Crippen LogP contribution is -2.25. The molecule has 1 heterocycles. The lowest BCUT2D eigenvalue weighted by atomic mass is 10.3. The minimum absolute atomic E-state index is 0.109. The van der Waals surface area contributed by atoms with Crippen molar-refractivity contribution in [3.8, 4) is 0 Å². The molecule has 1 amide bonds. The first kappa shape index (κ1) is 17.3. The van der Waals surface area contributed by atoms with Gasteiger partial charge in [0.25, 0.3) is 0 Å². The molecule has 0 aliphatic rings. The lowest BCUT2D eigenvalue weighted by Gasteiger charge is -2.04. The number of hydrogen-bond donors (Lipinski definition) is 1.